The van der Waals surface area contributed by atoms with Crippen LogP contribution < -0.4 is 5.56 Å². The summed E-state index contributed by atoms with van der Waals surface area (Å²) in [5.41, 5.74) is -0.297. The van der Waals surface area contributed by atoms with Gasteiger partial charge < -0.3 is 0 Å². The van der Waals surface area contributed by atoms with Crippen LogP contribution in [0.25, 0.3) is 5.69 Å². The molecule has 188 valence electrons. The first-order valence-electron chi connectivity index (χ1n) is 9.44. The molecule has 3 N–H and O–H groups in total. The van der Waals surface area contributed by atoms with Crippen LogP contribution in [0.15, 0.2) is 73.3 Å². The van der Waals surface area contributed by atoms with Gasteiger partial charge in [-0.2, -0.15) is 16.8 Å². The highest BCUT2D eigenvalue weighted by Gasteiger charge is 2.23. The van der Waals surface area contributed by atoms with Crippen LogP contribution in [0.3, 0.4) is 0 Å². The molecule has 0 aliphatic rings. The Balaban J connectivity index is 1.98. The van der Waals surface area contributed by atoms with Crippen molar-refractivity contribution >= 4 is 41.7 Å². The van der Waals surface area contributed by atoms with E-state index in [2.05, 4.69) is 19.5 Å². The molecule has 2 aromatic carbocycles. The van der Waals surface area contributed by atoms with Gasteiger partial charge in [0, 0.05) is 0 Å². The minimum absolute atomic E-state index is 0.158. The Hall–Kier alpha value is -3.22. The standard InChI is InChI=1S/C18H18N4O10S3/c1-12-17(18(23)21-22(12)13-5-3-2-4-6-13)20-19-15-8-7-14(11-16(15)34(26,27)28)33(24,25)10-9-32-35(29,30)31/h2-8,11H,9-10H2,1H3,(H,21,23)(H,26,27,28)(H,29,30,31). The second-order valence-corrected chi connectivity index (χ2v) is 11.5. The van der Waals surface area contributed by atoms with E-state index in [1.165, 1.54) is 4.68 Å². The molecule has 0 unspecified atom stereocenters. The van der Waals surface area contributed by atoms with E-state index in [0.717, 1.165) is 12.1 Å². The highest BCUT2D eigenvalue weighted by Crippen LogP contribution is 2.29. The SMILES string of the molecule is Cc1c(N=Nc2ccc(S(=O)(=O)CCOS(=O)(=O)O)cc2S(=O)(=O)O)c(=O)[nH]n1-c1ccccc1. The number of azo groups is 1. The van der Waals surface area contributed by atoms with Crippen molar-refractivity contribution in [3.05, 3.63) is 64.6 Å². The maximum atomic E-state index is 12.4. The third-order valence-corrected chi connectivity index (χ3v) is 7.55. The molecule has 14 nitrogen and oxygen atoms in total. The topological polar surface area (TPSA) is 215 Å². The summed E-state index contributed by atoms with van der Waals surface area (Å²) in [4.78, 5) is 10.8. The van der Waals surface area contributed by atoms with E-state index in [-0.39, 0.29) is 5.69 Å². The van der Waals surface area contributed by atoms with Crippen LogP contribution in [-0.2, 0) is 34.5 Å². The second-order valence-electron chi connectivity index (χ2n) is 6.92. The van der Waals surface area contributed by atoms with Crippen LogP contribution in [0.5, 0.6) is 0 Å². The van der Waals surface area contributed by atoms with Crippen LogP contribution in [0, 0.1) is 6.92 Å². The summed E-state index contributed by atoms with van der Waals surface area (Å²) in [6, 6.07) is 11.2. The van der Waals surface area contributed by atoms with Gasteiger partial charge in [-0.15, -0.1) is 10.2 Å². The highest BCUT2D eigenvalue weighted by molar-refractivity contribution is 7.91. The van der Waals surface area contributed by atoms with Crippen LogP contribution in [0.2, 0.25) is 0 Å². The number of aromatic amines is 1. The average molecular weight is 547 g/mol. The Labute approximate surface area is 199 Å². The van der Waals surface area contributed by atoms with Crippen LogP contribution in [0.1, 0.15) is 5.69 Å². The van der Waals surface area contributed by atoms with E-state index < -0.39 is 63.8 Å². The lowest BCUT2D eigenvalue weighted by Crippen LogP contribution is -2.16. The lowest BCUT2D eigenvalue weighted by molar-refractivity contribution is 0.284. The molecule has 17 heteroatoms. The van der Waals surface area contributed by atoms with Gasteiger partial charge in [0.05, 0.1) is 28.6 Å². The summed E-state index contributed by atoms with van der Waals surface area (Å²) >= 11 is 0. The van der Waals surface area contributed by atoms with E-state index >= 15 is 0 Å². The Morgan fingerprint density at radius 3 is 2.23 bits per heavy atom. The number of hydrogen-bond donors (Lipinski definition) is 3. The molecule has 1 heterocycles. The molecule has 3 aromatic rings. The summed E-state index contributed by atoms with van der Waals surface area (Å²) in [6.45, 7) is 0.623. The van der Waals surface area contributed by atoms with Crippen molar-refractivity contribution in [1.29, 1.82) is 0 Å². The largest absolute Gasteiger partial charge is 0.397 e. The van der Waals surface area contributed by atoms with Gasteiger partial charge in [-0.3, -0.25) is 23.7 Å². The van der Waals surface area contributed by atoms with Crippen molar-refractivity contribution in [2.75, 3.05) is 12.4 Å². The Kier molecular flexibility index (Phi) is 7.39. The molecule has 35 heavy (non-hydrogen) atoms. The number of nitrogens with one attached hydrogen (secondary N) is 1. The molecule has 0 aliphatic carbocycles. The first kappa shape index (κ1) is 26.4. The summed E-state index contributed by atoms with van der Waals surface area (Å²) in [6.07, 6.45) is 0. The Bertz CT molecular complexity index is 1660. The zero-order valence-corrected chi connectivity index (χ0v) is 20.2. The first-order chi connectivity index (χ1) is 16.2. The molecular formula is C18H18N4O10S3. The number of H-pyrrole nitrogens is 1. The maximum absolute atomic E-state index is 12.4. The summed E-state index contributed by atoms with van der Waals surface area (Å²) in [5.74, 6) is -0.930. The van der Waals surface area contributed by atoms with Crippen LogP contribution in [0.4, 0.5) is 11.4 Å². The van der Waals surface area contributed by atoms with Gasteiger partial charge >= 0.3 is 10.4 Å². The van der Waals surface area contributed by atoms with Gasteiger partial charge in [-0.05, 0) is 37.3 Å². The molecule has 0 saturated heterocycles. The van der Waals surface area contributed by atoms with Crippen molar-refractivity contribution in [3.8, 4) is 5.69 Å². The number of sulfone groups is 1. The molecular weight excluding hydrogens is 528 g/mol. The molecule has 0 amide bonds. The zero-order valence-electron chi connectivity index (χ0n) is 17.8. The minimum Gasteiger partial charge on any atom is -0.282 e. The van der Waals surface area contributed by atoms with E-state index in [4.69, 9.17) is 4.55 Å². The monoisotopic (exact) mass is 546 g/mol. The van der Waals surface area contributed by atoms with E-state index in [1.807, 2.05) is 0 Å². The van der Waals surface area contributed by atoms with Crippen molar-refractivity contribution in [1.82, 2.24) is 9.78 Å². The molecule has 0 aliphatic heterocycles. The molecule has 1 aromatic heterocycles. The Morgan fingerprint density at radius 1 is 0.971 bits per heavy atom. The number of benzene rings is 2. The number of hydrogen-bond acceptors (Lipinski definition) is 10. The van der Waals surface area contributed by atoms with Crippen LogP contribution in [-0.4, -0.2) is 56.5 Å². The molecule has 0 saturated carbocycles. The van der Waals surface area contributed by atoms with Gasteiger partial charge in [0.2, 0.25) is 0 Å². The van der Waals surface area contributed by atoms with Gasteiger partial charge in [-0.1, -0.05) is 18.2 Å². The molecule has 0 bridgehead atoms. The first-order valence-corrected chi connectivity index (χ1v) is 13.9. The third-order valence-electron chi connectivity index (χ3n) is 4.53. The fraction of sp³-hybridized carbons (Fsp3) is 0.167. The van der Waals surface area contributed by atoms with Gasteiger partial charge in [0.1, 0.15) is 10.6 Å². The normalized spacial score (nSPS) is 12.9. The van der Waals surface area contributed by atoms with Crippen LogP contribution >= 0.6 is 0 Å². The summed E-state index contributed by atoms with van der Waals surface area (Å²) < 4.78 is 93.1. The van der Waals surface area contributed by atoms with Crippen molar-refractivity contribution < 1.29 is 38.5 Å². The lowest BCUT2D eigenvalue weighted by Gasteiger charge is -2.07. The summed E-state index contributed by atoms with van der Waals surface area (Å²) in [5, 5.41) is 10.1. The smallest absolute Gasteiger partial charge is 0.282 e. The Morgan fingerprint density at radius 2 is 1.63 bits per heavy atom. The fourth-order valence-electron chi connectivity index (χ4n) is 2.91. The third kappa shape index (κ3) is 6.47. The predicted octanol–water partition coefficient (Wildman–Crippen LogP) is 1.73. The quantitative estimate of drug-likeness (QED) is 0.261. The molecule has 0 spiro atoms. The number of nitrogens with zero attached hydrogens (tertiary/aromatic N) is 3. The van der Waals surface area contributed by atoms with E-state index in [0.29, 0.717) is 17.4 Å². The van der Waals surface area contributed by atoms with Crippen molar-refractivity contribution in [3.63, 3.8) is 0 Å². The number of aromatic nitrogens is 2. The van der Waals surface area contributed by atoms with Crippen molar-refractivity contribution in [2.45, 2.75) is 16.7 Å². The van der Waals surface area contributed by atoms with Gasteiger partial charge in [0.25, 0.3) is 15.7 Å². The number of para-hydroxylation sites is 1. The maximum Gasteiger partial charge on any atom is 0.397 e. The van der Waals surface area contributed by atoms with Gasteiger partial charge in [-0.25, -0.2) is 12.6 Å². The highest BCUT2D eigenvalue weighted by atomic mass is 32.3. The van der Waals surface area contributed by atoms with E-state index in [1.54, 1.807) is 37.3 Å². The van der Waals surface area contributed by atoms with Crippen molar-refractivity contribution in [2.24, 2.45) is 10.2 Å². The average Bonchev–Trinajstić information content (AvgIpc) is 3.04. The molecule has 0 radical (unpaired) electrons. The molecule has 0 fully saturated rings. The lowest BCUT2D eigenvalue weighted by atomic mass is 10.3. The molecule has 0 atom stereocenters. The molecule has 3 rings (SSSR count). The van der Waals surface area contributed by atoms with Gasteiger partial charge in [0.15, 0.2) is 15.5 Å². The summed E-state index contributed by atoms with van der Waals surface area (Å²) in [7, 11) is -14.2. The zero-order chi connectivity index (χ0) is 26.0. The predicted molar refractivity (Wildman–Crippen MR) is 121 cm³/mol. The number of rotatable bonds is 9. The van der Waals surface area contributed by atoms with E-state index in [9.17, 15) is 34.6 Å². The minimum atomic E-state index is -5.00. The fourth-order valence-corrected chi connectivity index (χ4v) is 5.14. The second kappa shape index (κ2) is 9.80.